The fourth-order valence-corrected chi connectivity index (χ4v) is 1.67. The second kappa shape index (κ2) is 3.69. The standard InChI is InChI=1S/C12H10N4O2/c1-6-2-4-7(5-3-6)11-14-9-8(18-11)10(17)16-12(13)15-9/h2-5H,1H3,(H3,13,15,16,17). The summed E-state index contributed by atoms with van der Waals surface area (Å²) in [7, 11) is 0. The molecular formula is C12H10N4O2. The molecule has 0 aliphatic heterocycles. The van der Waals surface area contributed by atoms with Gasteiger partial charge >= 0.3 is 0 Å². The van der Waals surface area contributed by atoms with Gasteiger partial charge in [0.15, 0.2) is 0 Å². The van der Waals surface area contributed by atoms with Crippen molar-refractivity contribution in [3.8, 4) is 11.5 Å². The summed E-state index contributed by atoms with van der Waals surface area (Å²) in [5.41, 5.74) is 7.24. The number of nitrogens with zero attached hydrogens (tertiary/aromatic N) is 2. The fourth-order valence-electron chi connectivity index (χ4n) is 1.67. The number of oxazole rings is 1. The quantitative estimate of drug-likeness (QED) is 0.673. The van der Waals surface area contributed by atoms with Gasteiger partial charge < -0.3 is 10.2 Å². The Morgan fingerprint density at radius 1 is 1.22 bits per heavy atom. The Labute approximate surface area is 101 Å². The Bertz CT molecular complexity index is 771. The van der Waals surface area contributed by atoms with E-state index in [-0.39, 0.29) is 17.2 Å². The van der Waals surface area contributed by atoms with Gasteiger partial charge in [0, 0.05) is 5.56 Å². The minimum Gasteiger partial charge on any atom is -0.428 e. The van der Waals surface area contributed by atoms with Crippen molar-refractivity contribution in [2.45, 2.75) is 6.92 Å². The van der Waals surface area contributed by atoms with Crippen LogP contribution in [0.1, 0.15) is 5.56 Å². The van der Waals surface area contributed by atoms with Crippen molar-refractivity contribution in [1.29, 1.82) is 0 Å². The van der Waals surface area contributed by atoms with E-state index in [2.05, 4.69) is 15.0 Å². The SMILES string of the molecule is Cc1ccc(-c2nc3nc(N)[nH]c(=O)c3o2)cc1. The van der Waals surface area contributed by atoms with Crippen molar-refractivity contribution in [3.63, 3.8) is 0 Å². The second-order valence-electron chi connectivity index (χ2n) is 3.99. The van der Waals surface area contributed by atoms with Crippen LogP contribution in [0.2, 0.25) is 0 Å². The molecule has 90 valence electrons. The van der Waals surface area contributed by atoms with Gasteiger partial charge in [-0.2, -0.15) is 9.97 Å². The number of fused-ring (bicyclic) bond motifs is 1. The lowest BCUT2D eigenvalue weighted by Crippen LogP contribution is -2.09. The van der Waals surface area contributed by atoms with Gasteiger partial charge in [0.25, 0.3) is 5.56 Å². The average Bonchev–Trinajstić information content (AvgIpc) is 2.74. The Morgan fingerprint density at radius 2 is 1.94 bits per heavy atom. The van der Waals surface area contributed by atoms with Gasteiger partial charge in [-0.15, -0.1) is 0 Å². The largest absolute Gasteiger partial charge is 0.428 e. The van der Waals surface area contributed by atoms with Crippen molar-refractivity contribution in [2.75, 3.05) is 5.73 Å². The van der Waals surface area contributed by atoms with Crippen LogP contribution in [0.15, 0.2) is 33.5 Å². The molecule has 6 nitrogen and oxygen atoms in total. The Kier molecular flexibility index (Phi) is 2.16. The maximum absolute atomic E-state index is 11.6. The summed E-state index contributed by atoms with van der Waals surface area (Å²) in [5, 5.41) is 0. The number of hydrogen-bond donors (Lipinski definition) is 2. The lowest BCUT2D eigenvalue weighted by Gasteiger charge is -1.94. The molecular weight excluding hydrogens is 232 g/mol. The van der Waals surface area contributed by atoms with E-state index in [9.17, 15) is 4.79 Å². The fraction of sp³-hybridized carbons (Fsp3) is 0.0833. The molecule has 18 heavy (non-hydrogen) atoms. The highest BCUT2D eigenvalue weighted by Gasteiger charge is 2.12. The predicted octanol–water partition coefficient (Wildman–Crippen LogP) is 1.47. The first-order valence-electron chi connectivity index (χ1n) is 5.37. The molecule has 3 N–H and O–H groups in total. The van der Waals surface area contributed by atoms with Crippen molar-refractivity contribution in [1.82, 2.24) is 15.0 Å². The number of benzene rings is 1. The smallest absolute Gasteiger partial charge is 0.297 e. The van der Waals surface area contributed by atoms with Crippen LogP contribution >= 0.6 is 0 Å². The van der Waals surface area contributed by atoms with Gasteiger partial charge in [-0.1, -0.05) is 17.7 Å². The molecule has 0 saturated carbocycles. The number of H-pyrrole nitrogens is 1. The third kappa shape index (κ3) is 1.64. The minimum atomic E-state index is -0.427. The van der Waals surface area contributed by atoms with Crippen molar-refractivity contribution < 1.29 is 4.42 Å². The normalized spacial score (nSPS) is 10.9. The Morgan fingerprint density at radius 3 is 2.67 bits per heavy atom. The van der Waals surface area contributed by atoms with Crippen LogP contribution < -0.4 is 11.3 Å². The Hall–Kier alpha value is -2.63. The summed E-state index contributed by atoms with van der Waals surface area (Å²) < 4.78 is 5.41. The lowest BCUT2D eigenvalue weighted by atomic mass is 10.1. The van der Waals surface area contributed by atoms with E-state index >= 15 is 0 Å². The number of aromatic amines is 1. The van der Waals surface area contributed by atoms with E-state index in [0.29, 0.717) is 5.89 Å². The zero-order chi connectivity index (χ0) is 12.7. The summed E-state index contributed by atoms with van der Waals surface area (Å²) in [4.78, 5) is 22.0. The molecule has 0 spiro atoms. The number of hydrogen-bond acceptors (Lipinski definition) is 5. The Balaban J connectivity index is 2.22. The van der Waals surface area contributed by atoms with E-state index in [1.807, 2.05) is 31.2 Å². The molecule has 2 aromatic heterocycles. The van der Waals surface area contributed by atoms with Gasteiger partial charge in [-0.25, -0.2) is 0 Å². The zero-order valence-electron chi connectivity index (χ0n) is 9.60. The highest BCUT2D eigenvalue weighted by Crippen LogP contribution is 2.21. The van der Waals surface area contributed by atoms with Crippen molar-refractivity contribution >= 4 is 17.2 Å². The number of aryl methyl sites for hydroxylation is 1. The topological polar surface area (TPSA) is 97.8 Å². The molecule has 0 amide bonds. The highest BCUT2D eigenvalue weighted by atomic mass is 16.4. The lowest BCUT2D eigenvalue weighted by molar-refractivity contribution is 0.614. The number of nitrogens with two attached hydrogens (primary N) is 1. The van der Waals surface area contributed by atoms with Crippen LogP contribution in [-0.2, 0) is 0 Å². The van der Waals surface area contributed by atoms with Gasteiger partial charge in [0.1, 0.15) is 0 Å². The van der Waals surface area contributed by atoms with Crippen LogP contribution in [0, 0.1) is 6.92 Å². The third-order valence-corrected chi connectivity index (χ3v) is 2.58. The van der Waals surface area contributed by atoms with E-state index in [0.717, 1.165) is 11.1 Å². The molecule has 0 aliphatic carbocycles. The minimum absolute atomic E-state index is 0.0243. The van der Waals surface area contributed by atoms with Gasteiger partial charge in [0.05, 0.1) is 0 Å². The van der Waals surface area contributed by atoms with Crippen molar-refractivity contribution in [3.05, 3.63) is 40.2 Å². The predicted molar refractivity (Wildman–Crippen MR) is 67.0 cm³/mol. The van der Waals surface area contributed by atoms with Gasteiger partial charge in [-0.3, -0.25) is 9.78 Å². The van der Waals surface area contributed by atoms with Gasteiger partial charge in [0.2, 0.25) is 23.1 Å². The zero-order valence-corrected chi connectivity index (χ0v) is 9.60. The van der Waals surface area contributed by atoms with E-state index in [4.69, 9.17) is 10.2 Å². The molecule has 0 atom stereocenters. The van der Waals surface area contributed by atoms with Crippen LogP contribution in [0.25, 0.3) is 22.7 Å². The van der Waals surface area contributed by atoms with E-state index < -0.39 is 5.56 Å². The molecule has 6 heteroatoms. The van der Waals surface area contributed by atoms with E-state index in [1.54, 1.807) is 0 Å². The first kappa shape index (κ1) is 10.5. The summed E-state index contributed by atoms with van der Waals surface area (Å²) >= 11 is 0. The molecule has 0 bridgehead atoms. The van der Waals surface area contributed by atoms with Crippen molar-refractivity contribution in [2.24, 2.45) is 0 Å². The maximum Gasteiger partial charge on any atom is 0.297 e. The average molecular weight is 242 g/mol. The monoisotopic (exact) mass is 242 g/mol. The summed E-state index contributed by atoms with van der Waals surface area (Å²) in [6, 6.07) is 7.63. The summed E-state index contributed by atoms with van der Waals surface area (Å²) in [5.74, 6) is 0.379. The van der Waals surface area contributed by atoms with Crippen LogP contribution in [-0.4, -0.2) is 15.0 Å². The molecule has 0 fully saturated rings. The number of rotatable bonds is 1. The second-order valence-corrected chi connectivity index (χ2v) is 3.99. The molecule has 0 saturated heterocycles. The number of nitrogens with one attached hydrogen (secondary N) is 1. The number of anilines is 1. The third-order valence-electron chi connectivity index (χ3n) is 2.58. The molecule has 2 heterocycles. The van der Waals surface area contributed by atoms with Gasteiger partial charge in [-0.05, 0) is 19.1 Å². The molecule has 3 aromatic rings. The number of nitrogen functional groups attached to an aromatic ring is 1. The van der Waals surface area contributed by atoms with Crippen LogP contribution in [0.5, 0.6) is 0 Å². The first-order chi connectivity index (χ1) is 8.63. The molecule has 3 rings (SSSR count). The molecule has 1 aromatic carbocycles. The summed E-state index contributed by atoms with van der Waals surface area (Å²) in [6.45, 7) is 1.99. The first-order valence-corrected chi connectivity index (χ1v) is 5.37. The van der Waals surface area contributed by atoms with E-state index in [1.165, 1.54) is 0 Å². The molecule has 0 radical (unpaired) electrons. The van der Waals surface area contributed by atoms with Crippen LogP contribution in [0.3, 0.4) is 0 Å². The maximum atomic E-state index is 11.6. The number of aromatic nitrogens is 3. The van der Waals surface area contributed by atoms with Crippen LogP contribution in [0.4, 0.5) is 5.95 Å². The highest BCUT2D eigenvalue weighted by molar-refractivity contribution is 5.72. The molecule has 0 aliphatic rings. The summed E-state index contributed by atoms with van der Waals surface area (Å²) in [6.07, 6.45) is 0. The molecule has 0 unspecified atom stereocenters.